The van der Waals surface area contributed by atoms with E-state index < -0.39 is 0 Å². The highest BCUT2D eigenvalue weighted by atomic mass is 16.5. The van der Waals surface area contributed by atoms with Crippen molar-refractivity contribution in [3.63, 3.8) is 0 Å². The molecule has 2 aromatic rings. The zero-order chi connectivity index (χ0) is 12.4. The van der Waals surface area contributed by atoms with Crippen molar-refractivity contribution >= 4 is 10.9 Å². The van der Waals surface area contributed by atoms with E-state index in [1.807, 2.05) is 32.0 Å². The molecule has 90 valence electrons. The maximum atomic E-state index is 5.76. The van der Waals surface area contributed by atoms with E-state index in [0.29, 0.717) is 6.42 Å². The highest BCUT2D eigenvalue weighted by Gasteiger charge is 2.07. The molecule has 0 bridgehead atoms. The van der Waals surface area contributed by atoms with Gasteiger partial charge in [0.25, 0.3) is 0 Å². The van der Waals surface area contributed by atoms with Crippen molar-refractivity contribution in [1.82, 2.24) is 9.97 Å². The van der Waals surface area contributed by atoms with Gasteiger partial charge in [0.1, 0.15) is 11.6 Å². The summed E-state index contributed by atoms with van der Waals surface area (Å²) in [5.41, 5.74) is 7.67. The molecule has 1 heterocycles. The number of hydrogen-bond acceptors (Lipinski definition) is 4. The molecule has 1 atom stereocenters. The van der Waals surface area contributed by atoms with Crippen LogP contribution in [0, 0.1) is 6.92 Å². The second-order valence-corrected chi connectivity index (χ2v) is 4.29. The Balaban J connectivity index is 2.51. The first-order valence-electron chi connectivity index (χ1n) is 5.67. The fourth-order valence-electron chi connectivity index (χ4n) is 1.83. The Labute approximate surface area is 101 Å². The summed E-state index contributed by atoms with van der Waals surface area (Å²) >= 11 is 0. The third-order valence-electron chi connectivity index (χ3n) is 2.64. The van der Waals surface area contributed by atoms with Gasteiger partial charge in [-0.1, -0.05) is 0 Å². The smallest absolute Gasteiger partial charge is 0.130 e. The SMILES string of the molecule is COc1ccc2nc(CC(C)N)nc(C)c2c1. The van der Waals surface area contributed by atoms with Gasteiger partial charge in [0.2, 0.25) is 0 Å². The standard InChI is InChI=1S/C13H17N3O/c1-8(14)6-13-15-9(2)11-7-10(17-3)4-5-12(11)16-13/h4-5,7-8H,6,14H2,1-3H3. The lowest BCUT2D eigenvalue weighted by Gasteiger charge is -2.08. The Hall–Kier alpha value is -1.68. The van der Waals surface area contributed by atoms with Gasteiger partial charge >= 0.3 is 0 Å². The second kappa shape index (κ2) is 4.67. The molecule has 2 rings (SSSR count). The van der Waals surface area contributed by atoms with Crippen LogP contribution >= 0.6 is 0 Å². The Morgan fingerprint density at radius 2 is 2.12 bits per heavy atom. The number of fused-ring (bicyclic) bond motifs is 1. The minimum absolute atomic E-state index is 0.0742. The lowest BCUT2D eigenvalue weighted by atomic mass is 10.1. The molecule has 1 aromatic heterocycles. The summed E-state index contributed by atoms with van der Waals surface area (Å²) in [4.78, 5) is 8.98. The lowest BCUT2D eigenvalue weighted by Crippen LogP contribution is -2.19. The molecule has 0 aliphatic rings. The Kier molecular flexibility index (Phi) is 3.24. The first kappa shape index (κ1) is 11.8. The summed E-state index contributed by atoms with van der Waals surface area (Å²) in [6, 6.07) is 5.89. The van der Waals surface area contributed by atoms with Crippen molar-refractivity contribution in [3.8, 4) is 5.75 Å². The Morgan fingerprint density at radius 3 is 2.76 bits per heavy atom. The highest BCUT2D eigenvalue weighted by Crippen LogP contribution is 2.21. The van der Waals surface area contributed by atoms with Crippen LogP contribution in [0.15, 0.2) is 18.2 Å². The molecular weight excluding hydrogens is 214 g/mol. The molecule has 4 heteroatoms. The number of hydrogen-bond donors (Lipinski definition) is 1. The molecule has 0 spiro atoms. The topological polar surface area (TPSA) is 61.0 Å². The molecule has 0 saturated heterocycles. The molecule has 0 fully saturated rings. The van der Waals surface area contributed by atoms with Crippen molar-refractivity contribution < 1.29 is 4.74 Å². The van der Waals surface area contributed by atoms with Crippen molar-refractivity contribution in [3.05, 3.63) is 29.7 Å². The molecule has 0 amide bonds. The summed E-state index contributed by atoms with van der Waals surface area (Å²) in [6.45, 7) is 3.94. The number of ether oxygens (including phenoxy) is 1. The normalized spacial score (nSPS) is 12.7. The molecule has 0 radical (unpaired) electrons. The summed E-state index contributed by atoms with van der Waals surface area (Å²) in [7, 11) is 1.65. The summed E-state index contributed by atoms with van der Waals surface area (Å²) in [5, 5.41) is 1.03. The molecular formula is C13H17N3O. The molecule has 17 heavy (non-hydrogen) atoms. The summed E-state index contributed by atoms with van der Waals surface area (Å²) in [5.74, 6) is 1.62. The van der Waals surface area contributed by atoms with Gasteiger partial charge in [-0.15, -0.1) is 0 Å². The van der Waals surface area contributed by atoms with Gasteiger partial charge in [-0.05, 0) is 32.0 Å². The quantitative estimate of drug-likeness (QED) is 0.875. The predicted molar refractivity (Wildman–Crippen MR) is 68.2 cm³/mol. The minimum atomic E-state index is 0.0742. The van der Waals surface area contributed by atoms with Gasteiger partial charge in [-0.25, -0.2) is 9.97 Å². The molecule has 0 aliphatic heterocycles. The Bertz CT molecular complexity index is 537. The van der Waals surface area contributed by atoms with Crippen LogP contribution in [0.25, 0.3) is 10.9 Å². The third kappa shape index (κ3) is 2.53. The van der Waals surface area contributed by atoms with Gasteiger partial charge in [0, 0.05) is 23.5 Å². The number of rotatable bonds is 3. The van der Waals surface area contributed by atoms with E-state index in [-0.39, 0.29) is 6.04 Å². The molecule has 2 N–H and O–H groups in total. The van der Waals surface area contributed by atoms with Crippen molar-refractivity contribution in [1.29, 1.82) is 0 Å². The molecule has 0 aliphatic carbocycles. The van der Waals surface area contributed by atoms with Crippen LogP contribution in [0.1, 0.15) is 18.4 Å². The van der Waals surface area contributed by atoms with Gasteiger partial charge < -0.3 is 10.5 Å². The lowest BCUT2D eigenvalue weighted by molar-refractivity contribution is 0.415. The monoisotopic (exact) mass is 231 g/mol. The van der Waals surface area contributed by atoms with E-state index in [2.05, 4.69) is 9.97 Å². The number of benzene rings is 1. The molecule has 1 aromatic carbocycles. The zero-order valence-electron chi connectivity index (χ0n) is 10.4. The van der Waals surface area contributed by atoms with Crippen LogP contribution in [0.5, 0.6) is 5.75 Å². The number of methoxy groups -OCH3 is 1. The largest absolute Gasteiger partial charge is 0.497 e. The first-order chi connectivity index (χ1) is 8.10. The second-order valence-electron chi connectivity index (χ2n) is 4.29. The summed E-state index contributed by atoms with van der Waals surface area (Å²) < 4.78 is 5.20. The molecule has 0 saturated carbocycles. The van der Waals surface area contributed by atoms with Crippen LogP contribution in [0.2, 0.25) is 0 Å². The van der Waals surface area contributed by atoms with E-state index in [4.69, 9.17) is 10.5 Å². The van der Waals surface area contributed by atoms with Crippen LogP contribution in [-0.2, 0) is 6.42 Å². The number of aryl methyl sites for hydroxylation is 1. The fourth-order valence-corrected chi connectivity index (χ4v) is 1.83. The average Bonchev–Trinajstić information content (AvgIpc) is 2.28. The van der Waals surface area contributed by atoms with Crippen LogP contribution in [-0.4, -0.2) is 23.1 Å². The van der Waals surface area contributed by atoms with Gasteiger partial charge in [0.05, 0.1) is 12.6 Å². The number of aromatic nitrogens is 2. The fraction of sp³-hybridized carbons (Fsp3) is 0.385. The minimum Gasteiger partial charge on any atom is -0.497 e. The van der Waals surface area contributed by atoms with Gasteiger partial charge in [0.15, 0.2) is 0 Å². The van der Waals surface area contributed by atoms with Gasteiger partial charge in [-0.3, -0.25) is 0 Å². The predicted octanol–water partition coefficient (Wildman–Crippen LogP) is 1.84. The maximum absolute atomic E-state index is 5.76. The van der Waals surface area contributed by atoms with Crippen LogP contribution < -0.4 is 10.5 Å². The van der Waals surface area contributed by atoms with Crippen molar-refractivity contribution in [2.24, 2.45) is 5.73 Å². The van der Waals surface area contributed by atoms with E-state index in [9.17, 15) is 0 Å². The Morgan fingerprint density at radius 1 is 1.35 bits per heavy atom. The average molecular weight is 231 g/mol. The molecule has 1 unspecified atom stereocenters. The molecule has 4 nitrogen and oxygen atoms in total. The van der Waals surface area contributed by atoms with Gasteiger partial charge in [-0.2, -0.15) is 0 Å². The van der Waals surface area contributed by atoms with Crippen LogP contribution in [0.4, 0.5) is 0 Å². The third-order valence-corrected chi connectivity index (χ3v) is 2.64. The van der Waals surface area contributed by atoms with E-state index in [1.54, 1.807) is 7.11 Å². The van der Waals surface area contributed by atoms with E-state index >= 15 is 0 Å². The summed E-state index contributed by atoms with van der Waals surface area (Å²) in [6.07, 6.45) is 0.697. The first-order valence-corrected chi connectivity index (χ1v) is 5.67. The van der Waals surface area contributed by atoms with Crippen molar-refractivity contribution in [2.45, 2.75) is 26.3 Å². The van der Waals surface area contributed by atoms with Crippen LogP contribution in [0.3, 0.4) is 0 Å². The van der Waals surface area contributed by atoms with E-state index in [1.165, 1.54) is 0 Å². The highest BCUT2D eigenvalue weighted by molar-refractivity contribution is 5.82. The zero-order valence-corrected chi connectivity index (χ0v) is 10.4. The number of nitrogens with zero attached hydrogens (tertiary/aromatic N) is 2. The maximum Gasteiger partial charge on any atom is 0.130 e. The van der Waals surface area contributed by atoms with E-state index in [0.717, 1.165) is 28.2 Å². The van der Waals surface area contributed by atoms with Crippen molar-refractivity contribution in [2.75, 3.05) is 7.11 Å². The number of nitrogens with two attached hydrogens (primary N) is 1.